The minimum absolute atomic E-state index is 0.0230. The summed E-state index contributed by atoms with van der Waals surface area (Å²) in [6.07, 6.45) is 1.70. The lowest BCUT2D eigenvalue weighted by Crippen LogP contribution is -2.45. The summed E-state index contributed by atoms with van der Waals surface area (Å²) in [6.45, 7) is 9.60. The molecule has 0 aromatic rings. The Hall–Kier alpha value is -1.06. The molecule has 0 saturated carbocycles. The first-order valence-corrected chi connectivity index (χ1v) is 6.37. The quantitative estimate of drug-likeness (QED) is 0.747. The Morgan fingerprint density at radius 3 is 2.00 bits per heavy atom. The Morgan fingerprint density at radius 2 is 1.65 bits per heavy atom. The van der Waals surface area contributed by atoms with Crippen LogP contribution in [0.3, 0.4) is 0 Å². The molecule has 100 valence electrons. The smallest absolute Gasteiger partial charge is 0.323 e. The molecular weight excluding hydrogens is 218 g/mol. The highest BCUT2D eigenvalue weighted by Crippen LogP contribution is 2.19. The molecule has 17 heavy (non-hydrogen) atoms. The van der Waals surface area contributed by atoms with Gasteiger partial charge in [0.25, 0.3) is 0 Å². The van der Waals surface area contributed by atoms with Crippen molar-refractivity contribution in [3.8, 4) is 0 Å². The molecule has 0 aliphatic heterocycles. The zero-order valence-corrected chi connectivity index (χ0v) is 11.6. The number of carbonyl (C=O) groups is 2. The van der Waals surface area contributed by atoms with Gasteiger partial charge in [0.2, 0.25) is 5.91 Å². The zero-order valence-electron chi connectivity index (χ0n) is 11.6. The topological polar surface area (TPSA) is 57.6 Å². The van der Waals surface area contributed by atoms with Crippen LogP contribution in [0, 0.1) is 11.8 Å². The van der Waals surface area contributed by atoms with E-state index in [1.807, 2.05) is 34.6 Å². The van der Waals surface area contributed by atoms with Gasteiger partial charge in [-0.3, -0.25) is 9.59 Å². The summed E-state index contributed by atoms with van der Waals surface area (Å²) in [6, 6.07) is -0.0230. The first kappa shape index (κ1) is 15.9. The van der Waals surface area contributed by atoms with Gasteiger partial charge in [-0.15, -0.1) is 0 Å². The third-order valence-corrected chi connectivity index (χ3v) is 3.60. The van der Waals surface area contributed by atoms with E-state index in [0.29, 0.717) is 0 Å². The van der Waals surface area contributed by atoms with Crippen LogP contribution in [0.5, 0.6) is 0 Å². The molecule has 0 radical (unpaired) electrons. The maximum absolute atomic E-state index is 12.2. The molecule has 0 aromatic carbocycles. The highest BCUT2D eigenvalue weighted by atomic mass is 16.4. The van der Waals surface area contributed by atoms with E-state index in [4.69, 9.17) is 5.11 Å². The fourth-order valence-corrected chi connectivity index (χ4v) is 1.68. The molecule has 1 amide bonds. The fourth-order valence-electron chi connectivity index (χ4n) is 1.68. The van der Waals surface area contributed by atoms with Gasteiger partial charge in [-0.25, -0.2) is 0 Å². The highest BCUT2D eigenvalue weighted by molar-refractivity contribution is 5.83. The average Bonchev–Trinajstić information content (AvgIpc) is 2.31. The lowest BCUT2D eigenvalue weighted by Gasteiger charge is -2.31. The molecule has 0 aliphatic carbocycles. The summed E-state index contributed by atoms with van der Waals surface area (Å²) < 4.78 is 0. The minimum atomic E-state index is -0.949. The van der Waals surface area contributed by atoms with E-state index < -0.39 is 5.97 Å². The summed E-state index contributed by atoms with van der Waals surface area (Å²) >= 11 is 0. The summed E-state index contributed by atoms with van der Waals surface area (Å²) in [4.78, 5) is 24.5. The van der Waals surface area contributed by atoms with E-state index in [1.165, 1.54) is 4.90 Å². The maximum atomic E-state index is 12.2. The van der Waals surface area contributed by atoms with Crippen molar-refractivity contribution in [3.05, 3.63) is 0 Å². The second-order valence-electron chi connectivity index (χ2n) is 4.79. The van der Waals surface area contributed by atoms with E-state index in [2.05, 4.69) is 0 Å². The predicted octanol–water partition coefficient (Wildman–Crippen LogP) is 2.38. The van der Waals surface area contributed by atoms with Crippen molar-refractivity contribution in [2.24, 2.45) is 11.8 Å². The van der Waals surface area contributed by atoms with Crippen LogP contribution in [0.25, 0.3) is 0 Å². The zero-order chi connectivity index (χ0) is 13.6. The van der Waals surface area contributed by atoms with Crippen LogP contribution in [0.2, 0.25) is 0 Å². The normalized spacial score (nSPS) is 16.1. The second kappa shape index (κ2) is 7.30. The molecular formula is C13H25NO3. The van der Waals surface area contributed by atoms with Gasteiger partial charge in [0, 0.05) is 12.0 Å². The monoisotopic (exact) mass is 243 g/mol. The van der Waals surface area contributed by atoms with Gasteiger partial charge in [0.15, 0.2) is 0 Å². The number of rotatable bonds is 7. The number of amides is 1. The molecule has 0 saturated heterocycles. The van der Waals surface area contributed by atoms with Gasteiger partial charge in [0.1, 0.15) is 6.54 Å². The molecule has 3 unspecified atom stereocenters. The van der Waals surface area contributed by atoms with E-state index in [9.17, 15) is 9.59 Å². The molecule has 0 fully saturated rings. The Labute approximate surface area is 104 Å². The molecule has 4 nitrogen and oxygen atoms in total. The van der Waals surface area contributed by atoms with Crippen LogP contribution in [-0.2, 0) is 9.59 Å². The number of hydrogen-bond acceptors (Lipinski definition) is 2. The molecule has 0 aliphatic rings. The van der Waals surface area contributed by atoms with Gasteiger partial charge in [-0.05, 0) is 19.3 Å². The van der Waals surface area contributed by atoms with E-state index >= 15 is 0 Å². The fraction of sp³-hybridized carbons (Fsp3) is 0.846. The van der Waals surface area contributed by atoms with Crippen molar-refractivity contribution in [1.82, 2.24) is 4.90 Å². The predicted molar refractivity (Wildman–Crippen MR) is 67.7 cm³/mol. The third kappa shape index (κ3) is 4.75. The first-order chi connectivity index (χ1) is 7.84. The van der Waals surface area contributed by atoms with Gasteiger partial charge in [0.05, 0.1) is 0 Å². The molecule has 3 atom stereocenters. The number of aliphatic carboxylic acids is 1. The lowest BCUT2D eigenvalue weighted by molar-refractivity contribution is -0.148. The Bertz CT molecular complexity index is 265. The Balaban J connectivity index is 4.79. The first-order valence-electron chi connectivity index (χ1n) is 6.37. The third-order valence-electron chi connectivity index (χ3n) is 3.60. The SMILES string of the molecule is CCC(C)C(C)C(=O)N(CC(=O)O)C(C)CC. The highest BCUT2D eigenvalue weighted by Gasteiger charge is 2.28. The van der Waals surface area contributed by atoms with E-state index in [1.54, 1.807) is 0 Å². The van der Waals surface area contributed by atoms with Gasteiger partial charge in [-0.2, -0.15) is 0 Å². The second-order valence-corrected chi connectivity index (χ2v) is 4.79. The van der Waals surface area contributed by atoms with Crippen molar-refractivity contribution in [1.29, 1.82) is 0 Å². The molecule has 0 spiro atoms. The largest absolute Gasteiger partial charge is 0.480 e. The van der Waals surface area contributed by atoms with Crippen molar-refractivity contribution in [3.63, 3.8) is 0 Å². The van der Waals surface area contributed by atoms with Crippen molar-refractivity contribution >= 4 is 11.9 Å². The molecule has 1 N–H and O–H groups in total. The van der Waals surface area contributed by atoms with Gasteiger partial charge in [-0.1, -0.05) is 34.1 Å². The van der Waals surface area contributed by atoms with Crippen LogP contribution in [0.1, 0.15) is 47.5 Å². The number of carbonyl (C=O) groups excluding carboxylic acids is 1. The summed E-state index contributed by atoms with van der Waals surface area (Å²) in [5.74, 6) is -0.831. The standard InChI is InChI=1S/C13H25NO3/c1-6-9(3)11(5)13(17)14(8-12(15)16)10(4)7-2/h9-11H,6-8H2,1-5H3,(H,15,16). The molecule has 0 heterocycles. The number of hydrogen-bond donors (Lipinski definition) is 1. The summed E-state index contributed by atoms with van der Waals surface area (Å²) in [5, 5.41) is 8.86. The Morgan fingerprint density at radius 1 is 1.12 bits per heavy atom. The van der Waals surface area contributed by atoms with E-state index in [0.717, 1.165) is 12.8 Å². The van der Waals surface area contributed by atoms with E-state index in [-0.39, 0.29) is 30.3 Å². The number of carboxylic acid groups (broad SMARTS) is 1. The van der Waals surface area contributed by atoms with Crippen LogP contribution in [0.4, 0.5) is 0 Å². The van der Waals surface area contributed by atoms with Crippen molar-refractivity contribution in [2.45, 2.75) is 53.5 Å². The van der Waals surface area contributed by atoms with Crippen LogP contribution in [-0.4, -0.2) is 34.5 Å². The average molecular weight is 243 g/mol. The molecule has 0 aromatic heterocycles. The van der Waals surface area contributed by atoms with Crippen molar-refractivity contribution in [2.75, 3.05) is 6.54 Å². The van der Waals surface area contributed by atoms with Crippen LogP contribution < -0.4 is 0 Å². The summed E-state index contributed by atoms with van der Waals surface area (Å²) in [7, 11) is 0. The molecule has 0 rings (SSSR count). The van der Waals surface area contributed by atoms with Crippen molar-refractivity contribution < 1.29 is 14.7 Å². The van der Waals surface area contributed by atoms with Crippen LogP contribution in [0.15, 0.2) is 0 Å². The maximum Gasteiger partial charge on any atom is 0.323 e. The Kier molecular flexibility index (Phi) is 6.85. The lowest BCUT2D eigenvalue weighted by atomic mass is 9.92. The summed E-state index contributed by atoms with van der Waals surface area (Å²) in [5.41, 5.74) is 0. The molecule has 4 heteroatoms. The number of nitrogens with zero attached hydrogens (tertiary/aromatic N) is 1. The number of carboxylic acids is 1. The van der Waals surface area contributed by atoms with Gasteiger partial charge >= 0.3 is 5.97 Å². The van der Waals surface area contributed by atoms with Gasteiger partial charge < -0.3 is 10.0 Å². The minimum Gasteiger partial charge on any atom is -0.480 e. The van der Waals surface area contributed by atoms with Crippen LogP contribution >= 0.6 is 0 Å². The molecule has 0 bridgehead atoms.